The first-order valence-electron chi connectivity index (χ1n) is 42.8. The third kappa shape index (κ3) is 30.7. The number of aromatic nitrogens is 1. The number of hydrogen-bond donors (Lipinski definition) is 14. The van der Waals surface area contributed by atoms with Crippen LogP contribution < -0.4 is 53.6 Å². The number of aromatic amines is 1. The minimum absolute atomic E-state index is 0.0168. The summed E-state index contributed by atoms with van der Waals surface area (Å²) in [5.41, 5.74) is 8.96. The van der Waals surface area contributed by atoms with Crippen LogP contribution in [0.1, 0.15) is 100 Å². The number of carbonyl (C=O) groups is 16. The molecule has 696 valence electrons. The van der Waals surface area contributed by atoms with Crippen LogP contribution in [0.4, 0.5) is 0 Å². The number of amides is 15. The molecule has 6 aromatic carbocycles. The summed E-state index contributed by atoms with van der Waals surface area (Å²) in [7, 11) is 6.49. The van der Waals surface area contributed by atoms with Crippen LogP contribution in [0.25, 0.3) is 10.9 Å². The monoisotopic (exact) mass is 1830 g/mol. The average Bonchev–Trinajstić information content (AvgIpc) is 1.69. The molecule has 8 rings (SSSR count). The molecule has 0 bridgehead atoms. The number of nitrogens with one attached hydrogen (secondary N) is 10. The van der Waals surface area contributed by atoms with Gasteiger partial charge in [-0.1, -0.05) is 174 Å². The van der Waals surface area contributed by atoms with Crippen LogP contribution in [0, 0.1) is 11.8 Å². The Labute approximate surface area is 763 Å². The van der Waals surface area contributed by atoms with Crippen molar-refractivity contribution in [3.05, 3.63) is 202 Å². The largest absolute Gasteiger partial charge is 0.508 e. The van der Waals surface area contributed by atoms with Crippen molar-refractivity contribution in [1.82, 2.24) is 77.3 Å². The topological polar surface area (TPSA) is 500 Å². The molecule has 0 spiro atoms. The van der Waals surface area contributed by atoms with Crippen molar-refractivity contribution >= 4 is 129 Å². The number of hydrogen-bond acceptors (Lipinski definition) is 19. The number of carbonyl (C=O) groups excluding carboxylic acids is 15. The van der Waals surface area contributed by atoms with Gasteiger partial charge < -0.3 is 98.4 Å². The lowest BCUT2D eigenvalue weighted by atomic mass is 9.98. The maximum absolute atomic E-state index is 15.6. The zero-order chi connectivity index (χ0) is 95.2. The Morgan fingerprint density at radius 1 is 0.485 bits per heavy atom. The summed E-state index contributed by atoms with van der Waals surface area (Å²) >= 11 is 7.30. The molecular formula is C93H117ClN16O19S. The number of aromatic hydroxyl groups is 2. The van der Waals surface area contributed by atoms with Crippen molar-refractivity contribution in [2.75, 3.05) is 66.4 Å². The quantitative estimate of drug-likeness (QED) is 0.0438. The Morgan fingerprint density at radius 2 is 0.962 bits per heavy atom. The molecule has 15 amide bonds. The number of halogens is 1. The van der Waals surface area contributed by atoms with Crippen molar-refractivity contribution in [2.45, 2.75) is 172 Å². The van der Waals surface area contributed by atoms with E-state index in [1.165, 1.54) is 83.8 Å². The fraction of sp³-hybridized carbons (Fsp3) is 0.419. The SMILES string of the molecule is CCCC[C@H]1C(=O)N(C)CC(=O)N[C@@H](CC(=O)O)C(=O)N[C@@H](C(C)C)C(=O)N(C)[C@@H](Cc2ccccc2)C(=O)N[C@@H](Cc2ccc(O)cc2)C(=O)N(C)CC(=O)N[C@@H](Cc2c[nH]c3ccccc23)C(=O)N[C@@H](Cc2ccc(O)cc2)C(=O)N[C@@H](CC(C)C)C(=O)N[C@H](C(=O)NCC(N)=O)CSCC(=O)N[C@@H](Cc2cccc(Cl)c2)C(=O)N(C)[C@@H](Cc2ccccc2)C(=O)N1C. The van der Waals surface area contributed by atoms with Gasteiger partial charge in [-0.05, 0) is 101 Å². The molecule has 7 aromatic rings. The molecule has 1 aromatic heterocycles. The number of fused-ring (bicyclic) bond motifs is 1. The van der Waals surface area contributed by atoms with E-state index in [9.17, 15) is 53.7 Å². The predicted octanol–water partition coefficient (Wildman–Crippen LogP) is 2.98. The maximum atomic E-state index is 15.6. The second kappa shape index (κ2) is 49.2. The van der Waals surface area contributed by atoms with Crippen LogP contribution >= 0.6 is 23.4 Å². The van der Waals surface area contributed by atoms with E-state index >= 15 is 38.4 Å². The Kier molecular flexibility index (Phi) is 38.6. The van der Waals surface area contributed by atoms with Crippen LogP contribution in [0.5, 0.6) is 11.5 Å². The summed E-state index contributed by atoms with van der Waals surface area (Å²) < 4.78 is 0. The fourth-order valence-electron chi connectivity index (χ4n) is 15.0. The van der Waals surface area contributed by atoms with Gasteiger partial charge in [0.2, 0.25) is 88.6 Å². The molecule has 1 aliphatic heterocycles. The van der Waals surface area contributed by atoms with E-state index in [1.54, 1.807) is 143 Å². The smallest absolute Gasteiger partial charge is 0.305 e. The minimum atomic E-state index is -1.91. The summed E-state index contributed by atoms with van der Waals surface area (Å²) in [6, 6.07) is 24.8. The van der Waals surface area contributed by atoms with Gasteiger partial charge >= 0.3 is 5.97 Å². The highest BCUT2D eigenvalue weighted by molar-refractivity contribution is 8.00. The van der Waals surface area contributed by atoms with Gasteiger partial charge in [0.15, 0.2) is 0 Å². The molecule has 0 unspecified atom stereocenters. The predicted molar refractivity (Wildman–Crippen MR) is 487 cm³/mol. The van der Waals surface area contributed by atoms with Gasteiger partial charge in [0, 0.05) is 102 Å². The van der Waals surface area contributed by atoms with E-state index in [0.29, 0.717) is 57.1 Å². The van der Waals surface area contributed by atoms with Crippen molar-refractivity contribution in [1.29, 1.82) is 0 Å². The van der Waals surface area contributed by atoms with Crippen LogP contribution in [0.3, 0.4) is 0 Å². The molecule has 0 radical (unpaired) electrons. The number of phenolic OH excluding ortho intramolecular Hbond substituents is 2. The van der Waals surface area contributed by atoms with Crippen LogP contribution in [-0.2, 0) is 115 Å². The van der Waals surface area contributed by atoms with Crippen molar-refractivity contribution < 1.29 is 92.0 Å². The summed E-state index contributed by atoms with van der Waals surface area (Å²) in [6.45, 7) is 6.12. The molecule has 1 saturated heterocycles. The number of aliphatic carboxylic acids is 1. The molecule has 15 N–H and O–H groups in total. The summed E-state index contributed by atoms with van der Waals surface area (Å²) in [5.74, 6) is -17.7. The number of benzene rings is 6. The van der Waals surface area contributed by atoms with Crippen molar-refractivity contribution in [2.24, 2.45) is 17.6 Å². The van der Waals surface area contributed by atoms with Crippen LogP contribution in [0.15, 0.2) is 164 Å². The zero-order valence-corrected chi connectivity index (χ0v) is 76.0. The molecule has 1 aliphatic rings. The second-order valence-electron chi connectivity index (χ2n) is 33.2. The third-order valence-corrected chi connectivity index (χ3v) is 23.4. The van der Waals surface area contributed by atoms with Gasteiger partial charge in [0.25, 0.3) is 0 Å². The van der Waals surface area contributed by atoms with Gasteiger partial charge in [-0.3, -0.25) is 76.7 Å². The number of likely N-dealkylation sites (N-methyl/N-ethyl adjacent to an activating group) is 5. The number of nitrogens with two attached hydrogens (primary N) is 1. The molecule has 37 heteroatoms. The lowest BCUT2D eigenvalue weighted by Gasteiger charge is -2.37. The van der Waals surface area contributed by atoms with E-state index in [2.05, 4.69) is 52.8 Å². The maximum Gasteiger partial charge on any atom is 0.305 e. The van der Waals surface area contributed by atoms with E-state index in [-0.39, 0.29) is 73.8 Å². The lowest BCUT2D eigenvalue weighted by molar-refractivity contribution is -0.151. The van der Waals surface area contributed by atoms with E-state index in [4.69, 9.17) is 17.3 Å². The average molecular weight is 1830 g/mol. The minimum Gasteiger partial charge on any atom is -0.508 e. The van der Waals surface area contributed by atoms with Gasteiger partial charge in [-0.2, -0.15) is 0 Å². The first-order valence-corrected chi connectivity index (χ1v) is 44.3. The summed E-state index contributed by atoms with van der Waals surface area (Å²) in [5, 5.41) is 55.8. The van der Waals surface area contributed by atoms with Gasteiger partial charge in [0.05, 0.1) is 31.8 Å². The van der Waals surface area contributed by atoms with E-state index in [0.717, 1.165) is 36.3 Å². The van der Waals surface area contributed by atoms with E-state index < -0.39 is 205 Å². The molecule has 2 heterocycles. The normalized spacial score (nSPS) is 21.8. The molecule has 11 atom stereocenters. The highest BCUT2D eigenvalue weighted by Crippen LogP contribution is 2.25. The van der Waals surface area contributed by atoms with Crippen LogP contribution in [-0.4, -0.2) is 272 Å². The van der Waals surface area contributed by atoms with E-state index in [1.807, 2.05) is 6.92 Å². The third-order valence-electron chi connectivity index (χ3n) is 22.1. The number of unbranched alkanes of at least 4 members (excludes halogenated alkanes) is 1. The lowest BCUT2D eigenvalue weighted by Crippen LogP contribution is -2.61. The Balaban J connectivity index is 1.22. The standard InChI is InChI=1S/C93H117ClN16O19S/c1-11-12-30-74-91(127)107(7)51-79(115)99-70(47-81(117)118)87(123)105-82(55(4)5)93(129)109(9)75(44-56-22-15-13-16-23-56)88(124)103-71(42-59-33-37-64(112)38-34-59)89(125)106(6)50-78(114)98-69(46-61-48-96-66-29-20-19-28-65(61)66)86(122)102-68(41-58-31-35-63(111)36-32-58)85(121)101-67(39-54(2)3)84(120)104-73(83(119)97-49-77(95)113)52-130-53-80(116)100-72(43-60-26-21-27-62(94)40-60)90(126)110(10)76(92(128)108(74)8)45-57-24-17-14-18-25-57/h13-29,31-38,40,48,54-55,67-76,82,96,111-112H,11-12,30,39,41-47,49-53H2,1-10H3,(H2,95,113)(H,97,119)(H,98,114)(H,99,115)(H,100,116)(H,101,121)(H,102,122)(H,103,124)(H,104,120)(H,105,123)(H,117,118)/t67-,68-,69-,70-,71-,72-,73-,74-,75-,76-,82-/m0/s1. The fourth-order valence-corrected chi connectivity index (χ4v) is 16.1. The Hall–Kier alpha value is -13.4. The van der Waals surface area contributed by atoms with Gasteiger partial charge in [-0.25, -0.2) is 0 Å². The van der Waals surface area contributed by atoms with Crippen molar-refractivity contribution in [3.8, 4) is 11.5 Å². The van der Waals surface area contributed by atoms with Crippen molar-refractivity contribution in [3.63, 3.8) is 0 Å². The molecule has 0 saturated carbocycles. The Bertz CT molecular complexity index is 5140. The summed E-state index contributed by atoms with van der Waals surface area (Å²) in [6.07, 6.45) is -0.0829. The number of carboxylic acids is 1. The molecular weight excluding hydrogens is 1710 g/mol. The number of phenols is 2. The number of para-hydroxylation sites is 1. The number of nitrogens with zero attached hydrogens (tertiary/aromatic N) is 5. The molecule has 1 fully saturated rings. The number of rotatable bonds is 23. The first-order chi connectivity index (χ1) is 61.8. The highest BCUT2D eigenvalue weighted by Gasteiger charge is 2.42. The second-order valence-corrected chi connectivity index (χ2v) is 34.7. The van der Waals surface area contributed by atoms with Gasteiger partial charge in [-0.15, -0.1) is 11.8 Å². The zero-order valence-electron chi connectivity index (χ0n) is 74.4. The Morgan fingerprint density at radius 3 is 1.53 bits per heavy atom. The number of thioether (sulfide) groups is 1. The summed E-state index contributed by atoms with van der Waals surface area (Å²) in [4.78, 5) is 244. The number of H-pyrrole nitrogens is 1. The first kappa shape index (κ1) is 102. The highest BCUT2D eigenvalue weighted by atomic mass is 35.5. The van der Waals surface area contributed by atoms with Crippen LogP contribution in [0.2, 0.25) is 5.02 Å². The van der Waals surface area contributed by atoms with Gasteiger partial charge in [0.1, 0.15) is 78.0 Å². The number of primary amides is 1. The molecule has 0 aliphatic carbocycles. The number of carboxylic acid groups (broad SMARTS) is 1. The molecule has 35 nitrogen and oxygen atoms in total. The molecule has 130 heavy (non-hydrogen) atoms.